The second-order valence-electron chi connectivity index (χ2n) is 3.08. The molecular weight excluding hydrogens is 196 g/mol. The molecule has 1 aromatic rings. The second kappa shape index (κ2) is 7.19. The summed E-state index contributed by atoms with van der Waals surface area (Å²) in [6.45, 7) is 13.6. The van der Waals surface area contributed by atoms with Crippen molar-refractivity contribution in [1.29, 1.82) is 5.26 Å². The monoisotopic (exact) mass is 212 g/mol. The van der Waals surface area contributed by atoms with Gasteiger partial charge in [-0.2, -0.15) is 5.26 Å². The van der Waals surface area contributed by atoms with Crippen LogP contribution in [0, 0.1) is 11.3 Å². The number of nitrogens with zero attached hydrogens (tertiary/aromatic N) is 2. The Bertz CT molecular complexity index is 422. The van der Waals surface area contributed by atoms with Gasteiger partial charge >= 0.3 is 0 Å². The molecule has 2 heteroatoms. The third-order valence-electron chi connectivity index (χ3n) is 2.19. The molecule has 2 nitrogen and oxygen atoms in total. The zero-order chi connectivity index (χ0) is 12.6. The Kier molecular flexibility index (Phi) is 6.23. The molecule has 0 spiro atoms. The predicted octanol–water partition coefficient (Wildman–Crippen LogP) is 3.76. The van der Waals surface area contributed by atoms with E-state index in [1.807, 2.05) is 19.1 Å². The predicted molar refractivity (Wildman–Crippen MR) is 68.5 cm³/mol. The lowest BCUT2D eigenvalue weighted by atomic mass is 9.99. The maximum Gasteiger partial charge on any atom is 0.0947 e. The van der Waals surface area contributed by atoms with Crippen LogP contribution in [0.2, 0.25) is 0 Å². The van der Waals surface area contributed by atoms with E-state index in [0.717, 1.165) is 16.7 Å². The molecule has 0 atom stereocenters. The highest BCUT2D eigenvalue weighted by molar-refractivity contribution is 5.77. The van der Waals surface area contributed by atoms with E-state index in [2.05, 4.69) is 30.8 Å². The highest BCUT2D eigenvalue weighted by Crippen LogP contribution is 2.21. The average Bonchev–Trinajstić information content (AvgIpc) is 2.39. The van der Waals surface area contributed by atoms with Gasteiger partial charge in [0.15, 0.2) is 0 Å². The van der Waals surface area contributed by atoms with Gasteiger partial charge in [0, 0.05) is 18.0 Å². The van der Waals surface area contributed by atoms with E-state index in [1.165, 1.54) is 0 Å². The summed E-state index contributed by atoms with van der Waals surface area (Å²) in [6, 6.07) is 5.90. The van der Waals surface area contributed by atoms with Crippen molar-refractivity contribution < 1.29 is 0 Å². The number of pyridine rings is 1. The largest absolute Gasteiger partial charge is 0.264 e. The summed E-state index contributed by atoms with van der Waals surface area (Å²) in [4.78, 5) is 4.01. The molecule has 0 saturated carbocycles. The molecule has 0 radical (unpaired) electrons. The van der Waals surface area contributed by atoms with Crippen molar-refractivity contribution in [2.24, 2.45) is 0 Å². The van der Waals surface area contributed by atoms with Crippen molar-refractivity contribution in [3.63, 3.8) is 0 Å². The van der Waals surface area contributed by atoms with Crippen LogP contribution in [0.5, 0.6) is 0 Å². The molecule has 0 amide bonds. The molecule has 1 aromatic heterocycles. The van der Waals surface area contributed by atoms with Gasteiger partial charge in [-0.1, -0.05) is 12.6 Å². The third-order valence-corrected chi connectivity index (χ3v) is 2.19. The number of nitriles is 1. The highest BCUT2D eigenvalue weighted by Gasteiger charge is 2.03. The summed E-state index contributed by atoms with van der Waals surface area (Å²) in [5, 5.41) is 8.74. The van der Waals surface area contributed by atoms with Crippen LogP contribution in [0.3, 0.4) is 0 Å². The molecule has 0 bridgehead atoms. The topological polar surface area (TPSA) is 36.7 Å². The molecule has 0 aliphatic rings. The number of rotatable bonds is 2. The first-order chi connectivity index (χ1) is 7.66. The normalized spacial score (nSPS) is 10.3. The molecule has 0 saturated heterocycles. The molecule has 0 aliphatic heterocycles. The number of aromatic nitrogens is 1. The molecule has 0 N–H and O–H groups in total. The van der Waals surface area contributed by atoms with E-state index < -0.39 is 0 Å². The SMILES string of the molecule is C=C.C=C(/C(C)=C(/C)C#N)c1cccnc1. The van der Waals surface area contributed by atoms with Gasteiger partial charge < -0.3 is 0 Å². The molecule has 0 aliphatic carbocycles. The fourth-order valence-electron chi connectivity index (χ4n) is 1.07. The van der Waals surface area contributed by atoms with Crippen LogP contribution in [0.25, 0.3) is 5.57 Å². The van der Waals surface area contributed by atoms with E-state index in [4.69, 9.17) is 5.26 Å². The minimum atomic E-state index is 0.693. The minimum absolute atomic E-state index is 0.693. The Morgan fingerprint density at radius 1 is 1.38 bits per heavy atom. The van der Waals surface area contributed by atoms with E-state index in [9.17, 15) is 0 Å². The molecule has 0 fully saturated rings. The summed E-state index contributed by atoms with van der Waals surface area (Å²) in [5.41, 5.74) is 3.43. The summed E-state index contributed by atoms with van der Waals surface area (Å²) in [6.07, 6.45) is 3.46. The Hall–Kier alpha value is -2.14. The first kappa shape index (κ1) is 13.9. The quantitative estimate of drug-likeness (QED) is 0.425. The number of allylic oxidation sites excluding steroid dienone is 3. The van der Waals surface area contributed by atoms with Crippen LogP contribution in [0.15, 0.2) is 55.4 Å². The van der Waals surface area contributed by atoms with Crippen molar-refractivity contribution >= 4 is 5.57 Å². The molecule has 1 rings (SSSR count). The van der Waals surface area contributed by atoms with E-state index >= 15 is 0 Å². The smallest absolute Gasteiger partial charge is 0.0947 e. The lowest BCUT2D eigenvalue weighted by Gasteiger charge is -2.06. The van der Waals surface area contributed by atoms with Gasteiger partial charge in [-0.25, -0.2) is 0 Å². The van der Waals surface area contributed by atoms with Gasteiger partial charge in [-0.05, 0) is 36.6 Å². The standard InChI is InChI=1S/C12H12N2.C2H4/c1-9(7-13)10(2)11(3)12-5-4-6-14-8-12;1-2/h4-6,8H,3H2,1-2H3;1-2H2/b10-9-;. The molecular formula is C14H16N2. The zero-order valence-electron chi connectivity index (χ0n) is 9.83. The summed E-state index contributed by atoms with van der Waals surface area (Å²) in [5.74, 6) is 0. The van der Waals surface area contributed by atoms with Crippen LogP contribution in [0.1, 0.15) is 19.4 Å². The first-order valence-electron chi connectivity index (χ1n) is 4.84. The number of hydrogen-bond acceptors (Lipinski definition) is 2. The minimum Gasteiger partial charge on any atom is -0.264 e. The average molecular weight is 212 g/mol. The van der Waals surface area contributed by atoms with E-state index in [-0.39, 0.29) is 0 Å². The highest BCUT2D eigenvalue weighted by atomic mass is 14.6. The van der Waals surface area contributed by atoms with Crippen molar-refractivity contribution in [3.8, 4) is 6.07 Å². The fraction of sp³-hybridized carbons (Fsp3) is 0.143. The Balaban J connectivity index is 0.00000106. The Labute approximate surface area is 97.3 Å². The van der Waals surface area contributed by atoms with Gasteiger partial charge in [-0.15, -0.1) is 13.2 Å². The van der Waals surface area contributed by atoms with Gasteiger partial charge in [0.05, 0.1) is 6.07 Å². The lowest BCUT2D eigenvalue weighted by Crippen LogP contribution is -1.88. The van der Waals surface area contributed by atoms with Crippen molar-refractivity contribution in [2.45, 2.75) is 13.8 Å². The molecule has 0 aromatic carbocycles. The molecule has 0 unspecified atom stereocenters. The van der Waals surface area contributed by atoms with E-state index in [1.54, 1.807) is 19.3 Å². The third kappa shape index (κ3) is 3.55. The van der Waals surface area contributed by atoms with Crippen LogP contribution < -0.4 is 0 Å². The summed E-state index contributed by atoms with van der Waals surface area (Å²) in [7, 11) is 0. The second-order valence-corrected chi connectivity index (χ2v) is 3.08. The van der Waals surface area contributed by atoms with Crippen LogP contribution in [0.4, 0.5) is 0 Å². The van der Waals surface area contributed by atoms with Gasteiger partial charge in [0.1, 0.15) is 0 Å². The van der Waals surface area contributed by atoms with Gasteiger partial charge in [-0.3, -0.25) is 4.98 Å². The van der Waals surface area contributed by atoms with Crippen LogP contribution >= 0.6 is 0 Å². The molecule has 1 heterocycles. The zero-order valence-corrected chi connectivity index (χ0v) is 9.83. The van der Waals surface area contributed by atoms with Crippen molar-refractivity contribution in [2.75, 3.05) is 0 Å². The maximum absolute atomic E-state index is 8.74. The van der Waals surface area contributed by atoms with Gasteiger partial charge in [0.2, 0.25) is 0 Å². The van der Waals surface area contributed by atoms with Crippen molar-refractivity contribution in [1.82, 2.24) is 4.98 Å². The van der Waals surface area contributed by atoms with Crippen LogP contribution in [-0.2, 0) is 0 Å². The summed E-state index contributed by atoms with van der Waals surface area (Å²) >= 11 is 0. The fourth-order valence-corrected chi connectivity index (χ4v) is 1.07. The van der Waals surface area contributed by atoms with Gasteiger partial charge in [0.25, 0.3) is 0 Å². The Morgan fingerprint density at radius 3 is 2.44 bits per heavy atom. The molecule has 16 heavy (non-hydrogen) atoms. The maximum atomic E-state index is 8.74. The van der Waals surface area contributed by atoms with Crippen molar-refractivity contribution in [3.05, 3.63) is 61.0 Å². The lowest BCUT2D eigenvalue weighted by molar-refractivity contribution is 1.29. The first-order valence-corrected chi connectivity index (χ1v) is 4.84. The van der Waals surface area contributed by atoms with Crippen LogP contribution in [-0.4, -0.2) is 4.98 Å². The summed E-state index contributed by atoms with van der Waals surface area (Å²) < 4.78 is 0. The Morgan fingerprint density at radius 2 is 2.00 bits per heavy atom. The molecule has 82 valence electrons. The number of hydrogen-bond donors (Lipinski definition) is 0. The van der Waals surface area contributed by atoms with E-state index in [0.29, 0.717) is 5.57 Å².